The van der Waals surface area contributed by atoms with Gasteiger partial charge in [-0.3, -0.25) is 4.57 Å². The summed E-state index contributed by atoms with van der Waals surface area (Å²) >= 11 is 1.55. The van der Waals surface area contributed by atoms with Crippen LogP contribution in [0.3, 0.4) is 0 Å². The Labute approximate surface area is 130 Å². The highest BCUT2D eigenvalue weighted by atomic mass is 32.1. The van der Waals surface area contributed by atoms with E-state index in [9.17, 15) is 13.6 Å². The molecule has 1 atom stereocenters. The minimum absolute atomic E-state index is 0.0616. The van der Waals surface area contributed by atoms with Crippen LogP contribution in [-0.2, 0) is 6.54 Å². The molecule has 0 bridgehead atoms. The molecular weight excluding hydrogens is 312 g/mol. The predicted molar refractivity (Wildman–Crippen MR) is 79.0 cm³/mol. The molecule has 0 aliphatic carbocycles. The molecule has 2 rings (SSSR count). The zero-order valence-corrected chi connectivity index (χ0v) is 13.0. The Kier molecular flexibility index (Phi) is 5.42. The number of aryl methyl sites for hydroxylation is 1. The number of nitrogens with one attached hydrogen (secondary N) is 2. The first-order valence-corrected chi connectivity index (χ1v) is 7.59. The number of halogens is 2. The Morgan fingerprint density at radius 2 is 2.23 bits per heavy atom. The minimum atomic E-state index is -2.67. The second-order valence-corrected chi connectivity index (χ2v) is 5.71. The molecule has 0 aromatic carbocycles. The van der Waals surface area contributed by atoms with Crippen molar-refractivity contribution >= 4 is 17.4 Å². The van der Waals surface area contributed by atoms with Crippen molar-refractivity contribution in [2.75, 3.05) is 6.54 Å². The Hall–Kier alpha value is -2.03. The van der Waals surface area contributed by atoms with E-state index in [0.29, 0.717) is 11.1 Å². The summed E-state index contributed by atoms with van der Waals surface area (Å²) in [5.74, 6) is 0.196. The van der Waals surface area contributed by atoms with Gasteiger partial charge >= 0.3 is 12.6 Å². The normalized spacial score (nSPS) is 12.4. The third kappa shape index (κ3) is 4.23. The number of carbonyl (C=O) groups excluding carboxylic acids is 1. The lowest BCUT2D eigenvalue weighted by molar-refractivity contribution is 0.0667. The topological polar surface area (TPSA) is 71.8 Å². The van der Waals surface area contributed by atoms with Crippen LogP contribution in [0, 0.1) is 6.92 Å². The molecule has 2 N–H and O–H groups in total. The zero-order valence-electron chi connectivity index (χ0n) is 12.2. The maximum atomic E-state index is 12.6. The number of rotatable bonds is 6. The maximum Gasteiger partial charge on any atom is 0.319 e. The smallest absolute Gasteiger partial charge is 0.319 e. The van der Waals surface area contributed by atoms with Gasteiger partial charge in [0, 0.05) is 35.9 Å². The van der Waals surface area contributed by atoms with Crippen LogP contribution in [0.5, 0.6) is 0 Å². The molecule has 0 radical (unpaired) electrons. The van der Waals surface area contributed by atoms with E-state index in [0.717, 1.165) is 10.7 Å². The second kappa shape index (κ2) is 7.30. The van der Waals surface area contributed by atoms with Crippen LogP contribution in [0.25, 0.3) is 0 Å². The summed E-state index contributed by atoms with van der Waals surface area (Å²) in [5.41, 5.74) is 0.954. The van der Waals surface area contributed by atoms with Gasteiger partial charge in [0.15, 0.2) is 0 Å². The van der Waals surface area contributed by atoms with Crippen LogP contribution in [-0.4, -0.2) is 27.1 Å². The van der Waals surface area contributed by atoms with Crippen molar-refractivity contribution in [1.29, 1.82) is 0 Å². The van der Waals surface area contributed by atoms with E-state index in [-0.39, 0.29) is 18.3 Å². The van der Waals surface area contributed by atoms with Crippen LogP contribution in [0.1, 0.15) is 35.9 Å². The lowest BCUT2D eigenvalue weighted by atomic mass is 10.2. The molecule has 6 nitrogen and oxygen atoms in total. The van der Waals surface area contributed by atoms with Crippen LogP contribution in [0.2, 0.25) is 0 Å². The quantitative estimate of drug-likeness (QED) is 0.856. The molecule has 2 amide bonds. The van der Waals surface area contributed by atoms with Crippen LogP contribution in [0.4, 0.5) is 13.6 Å². The highest BCUT2D eigenvalue weighted by Crippen LogP contribution is 2.18. The number of thiazole rings is 1. The summed E-state index contributed by atoms with van der Waals surface area (Å²) in [4.78, 5) is 19.8. The monoisotopic (exact) mass is 329 g/mol. The molecule has 22 heavy (non-hydrogen) atoms. The fraction of sp³-hybridized carbons (Fsp3) is 0.462. The highest BCUT2D eigenvalue weighted by molar-refractivity contribution is 7.09. The van der Waals surface area contributed by atoms with Crippen molar-refractivity contribution < 1.29 is 13.6 Å². The Morgan fingerprint density at radius 1 is 1.45 bits per heavy atom. The van der Waals surface area contributed by atoms with Crippen molar-refractivity contribution in [2.45, 2.75) is 32.9 Å². The molecular formula is C13H17F2N5OS. The average molecular weight is 329 g/mol. The molecule has 0 saturated heterocycles. The number of carbonyl (C=O) groups is 1. The fourth-order valence-electron chi connectivity index (χ4n) is 1.81. The Morgan fingerprint density at radius 3 is 2.86 bits per heavy atom. The first kappa shape index (κ1) is 16.3. The third-order valence-electron chi connectivity index (χ3n) is 2.99. The number of amides is 2. The van der Waals surface area contributed by atoms with E-state index in [1.807, 2.05) is 19.2 Å². The molecule has 120 valence electrons. The van der Waals surface area contributed by atoms with Gasteiger partial charge in [-0.15, -0.1) is 11.3 Å². The standard InChI is InChI=1S/C13H17F2N5OS/c1-8(11-19-9(2)7-22-11)5-17-13(21)18-6-10-16-3-4-20(10)12(14)15/h3-4,7-8,12H,5-6H2,1-2H3,(H2,17,18,21)/t8-/m1/s1. The summed E-state index contributed by atoms with van der Waals surface area (Å²) < 4.78 is 25.9. The first-order valence-electron chi connectivity index (χ1n) is 6.71. The predicted octanol–water partition coefficient (Wildman–Crippen LogP) is 2.65. The number of imidazole rings is 1. The molecule has 0 saturated carbocycles. The molecule has 0 aliphatic rings. The van der Waals surface area contributed by atoms with E-state index in [1.165, 1.54) is 12.4 Å². The maximum absolute atomic E-state index is 12.6. The van der Waals surface area contributed by atoms with Crippen molar-refractivity contribution in [2.24, 2.45) is 0 Å². The SMILES string of the molecule is Cc1csc([C@H](C)CNC(=O)NCc2nccn2C(F)F)n1. The number of nitrogens with zero attached hydrogens (tertiary/aromatic N) is 3. The largest absolute Gasteiger partial charge is 0.337 e. The molecule has 0 spiro atoms. The number of hydrogen-bond donors (Lipinski definition) is 2. The Balaban J connectivity index is 1.77. The number of alkyl halides is 2. The summed E-state index contributed by atoms with van der Waals surface area (Å²) in [5, 5.41) is 8.11. The van der Waals surface area contributed by atoms with Gasteiger partial charge in [0.2, 0.25) is 0 Å². The highest BCUT2D eigenvalue weighted by Gasteiger charge is 2.13. The van der Waals surface area contributed by atoms with E-state index in [1.54, 1.807) is 11.3 Å². The van der Waals surface area contributed by atoms with Crippen LogP contribution in [0.15, 0.2) is 17.8 Å². The molecule has 9 heteroatoms. The van der Waals surface area contributed by atoms with Gasteiger partial charge in [0.05, 0.1) is 11.6 Å². The summed E-state index contributed by atoms with van der Waals surface area (Å²) in [6, 6.07) is -0.427. The molecule has 0 fully saturated rings. The van der Waals surface area contributed by atoms with Crippen molar-refractivity contribution in [1.82, 2.24) is 25.2 Å². The van der Waals surface area contributed by atoms with E-state index in [4.69, 9.17) is 0 Å². The molecule has 0 aliphatic heterocycles. The van der Waals surface area contributed by atoms with Gasteiger partial charge < -0.3 is 10.6 Å². The second-order valence-electron chi connectivity index (χ2n) is 4.82. The van der Waals surface area contributed by atoms with Gasteiger partial charge in [-0.25, -0.2) is 14.8 Å². The zero-order chi connectivity index (χ0) is 16.1. The minimum Gasteiger partial charge on any atom is -0.337 e. The summed E-state index contributed by atoms with van der Waals surface area (Å²) in [6.45, 7) is 1.56. The van der Waals surface area contributed by atoms with E-state index < -0.39 is 12.6 Å². The van der Waals surface area contributed by atoms with E-state index >= 15 is 0 Å². The average Bonchev–Trinajstić information content (AvgIpc) is 3.11. The van der Waals surface area contributed by atoms with Gasteiger partial charge in [0.1, 0.15) is 5.82 Å². The van der Waals surface area contributed by atoms with Crippen LogP contribution < -0.4 is 10.6 Å². The number of hydrogen-bond acceptors (Lipinski definition) is 4. The van der Waals surface area contributed by atoms with Crippen molar-refractivity contribution in [3.63, 3.8) is 0 Å². The van der Waals surface area contributed by atoms with Crippen molar-refractivity contribution in [3.05, 3.63) is 34.3 Å². The van der Waals surface area contributed by atoms with E-state index in [2.05, 4.69) is 20.6 Å². The van der Waals surface area contributed by atoms with Crippen LogP contribution >= 0.6 is 11.3 Å². The third-order valence-corrected chi connectivity index (χ3v) is 4.19. The lowest BCUT2D eigenvalue weighted by Gasteiger charge is -2.12. The van der Waals surface area contributed by atoms with Gasteiger partial charge in [0.25, 0.3) is 0 Å². The lowest BCUT2D eigenvalue weighted by Crippen LogP contribution is -2.37. The van der Waals surface area contributed by atoms with Gasteiger partial charge in [-0.2, -0.15) is 8.78 Å². The molecule has 0 unspecified atom stereocenters. The number of aromatic nitrogens is 3. The first-order chi connectivity index (χ1) is 10.5. The fourth-order valence-corrected chi connectivity index (χ4v) is 2.67. The summed E-state index contributed by atoms with van der Waals surface area (Å²) in [6.07, 6.45) is 2.44. The van der Waals surface area contributed by atoms with Crippen molar-refractivity contribution in [3.8, 4) is 0 Å². The van der Waals surface area contributed by atoms with Gasteiger partial charge in [-0.05, 0) is 6.92 Å². The molecule has 2 heterocycles. The number of urea groups is 1. The molecule has 2 aromatic rings. The Bertz CT molecular complexity index is 627. The molecule has 2 aromatic heterocycles. The van der Waals surface area contributed by atoms with Gasteiger partial charge in [-0.1, -0.05) is 6.92 Å². The summed E-state index contributed by atoms with van der Waals surface area (Å²) in [7, 11) is 0.